The number of anilines is 1. The summed E-state index contributed by atoms with van der Waals surface area (Å²) in [6, 6.07) is 7.61. The highest BCUT2D eigenvalue weighted by atomic mass is 19.1. The Morgan fingerprint density at radius 1 is 1.14 bits per heavy atom. The Hall–Kier alpha value is -3.09. The molecule has 0 fully saturated rings. The molecule has 2 rings (SSSR count). The molecule has 0 aliphatic heterocycles. The van der Waals surface area contributed by atoms with Crippen molar-refractivity contribution in [1.82, 2.24) is 0 Å². The molecule has 0 bridgehead atoms. The third-order valence-corrected chi connectivity index (χ3v) is 2.68. The van der Waals surface area contributed by atoms with Crippen LogP contribution in [0.25, 0.3) is 0 Å². The summed E-state index contributed by atoms with van der Waals surface area (Å²) in [6.07, 6.45) is 0. The Kier molecular flexibility index (Phi) is 3.75. The van der Waals surface area contributed by atoms with Crippen molar-refractivity contribution < 1.29 is 23.8 Å². The maximum atomic E-state index is 13.6. The van der Waals surface area contributed by atoms with E-state index in [0.29, 0.717) is 0 Å². The average molecular weight is 290 g/mol. The zero-order valence-corrected chi connectivity index (χ0v) is 10.7. The molecular weight excluding hydrogens is 279 g/mol. The maximum Gasteiger partial charge on any atom is 0.339 e. The van der Waals surface area contributed by atoms with E-state index in [2.05, 4.69) is 0 Å². The summed E-state index contributed by atoms with van der Waals surface area (Å²) in [4.78, 5) is 22.4. The van der Waals surface area contributed by atoms with Gasteiger partial charge in [-0.25, -0.2) is 9.18 Å². The molecule has 0 aromatic heterocycles. The lowest BCUT2D eigenvalue weighted by Gasteiger charge is -2.12. The summed E-state index contributed by atoms with van der Waals surface area (Å²) in [6.45, 7) is 0. The first-order valence-electron chi connectivity index (χ1n) is 5.79. The van der Waals surface area contributed by atoms with E-state index < -0.39 is 23.3 Å². The predicted molar refractivity (Wildman–Crippen MR) is 72.8 cm³/mol. The number of halogens is 1. The number of hydrogen-bond acceptors (Lipinski definition) is 4. The van der Waals surface area contributed by atoms with Gasteiger partial charge in [0.15, 0.2) is 0 Å². The molecule has 7 heteroatoms. The molecule has 0 atom stereocenters. The van der Waals surface area contributed by atoms with Gasteiger partial charge in [-0.2, -0.15) is 0 Å². The second-order valence-corrected chi connectivity index (χ2v) is 4.14. The first kappa shape index (κ1) is 14.3. The average Bonchev–Trinajstić information content (AvgIpc) is 2.40. The minimum absolute atomic E-state index is 0.0789. The minimum atomic E-state index is -1.27. The number of nitrogens with two attached hydrogens (primary N) is 2. The molecule has 0 saturated carbocycles. The van der Waals surface area contributed by atoms with Gasteiger partial charge in [-0.05, 0) is 30.3 Å². The van der Waals surface area contributed by atoms with Crippen molar-refractivity contribution in [2.45, 2.75) is 0 Å². The molecule has 0 saturated heterocycles. The van der Waals surface area contributed by atoms with Gasteiger partial charge in [0.2, 0.25) is 0 Å². The molecule has 21 heavy (non-hydrogen) atoms. The Morgan fingerprint density at radius 2 is 1.86 bits per heavy atom. The molecule has 0 heterocycles. The molecule has 0 unspecified atom stereocenters. The highest BCUT2D eigenvalue weighted by Crippen LogP contribution is 2.30. The second-order valence-electron chi connectivity index (χ2n) is 4.14. The molecule has 1 amide bonds. The number of rotatable bonds is 4. The van der Waals surface area contributed by atoms with Crippen LogP contribution in [0, 0.1) is 5.82 Å². The van der Waals surface area contributed by atoms with Gasteiger partial charge in [0.25, 0.3) is 5.91 Å². The van der Waals surface area contributed by atoms with Crippen molar-refractivity contribution >= 4 is 17.6 Å². The standard InChI is InChI=1S/C14H11FN2O4/c15-9-2-1-3-11(12(9)13(17)18)21-10-5-4-7(16)6-8(10)14(19)20/h1-6H,16H2,(H2,17,18)(H,19,20). The van der Waals surface area contributed by atoms with E-state index in [1.54, 1.807) is 0 Å². The van der Waals surface area contributed by atoms with Gasteiger partial charge in [0, 0.05) is 5.69 Å². The van der Waals surface area contributed by atoms with Crippen LogP contribution in [0.5, 0.6) is 11.5 Å². The van der Waals surface area contributed by atoms with Crippen molar-refractivity contribution in [3.8, 4) is 11.5 Å². The number of carboxylic acids is 1. The Labute approximate surface area is 118 Å². The maximum absolute atomic E-state index is 13.6. The highest BCUT2D eigenvalue weighted by molar-refractivity contribution is 5.96. The monoisotopic (exact) mass is 290 g/mol. The summed E-state index contributed by atoms with van der Waals surface area (Å²) in [5.41, 5.74) is 10.2. The largest absolute Gasteiger partial charge is 0.478 e. The number of aromatic carboxylic acids is 1. The number of carbonyl (C=O) groups is 2. The number of ether oxygens (including phenoxy) is 1. The number of primary amides is 1. The van der Waals surface area contributed by atoms with Gasteiger partial charge in [-0.15, -0.1) is 0 Å². The molecule has 0 aliphatic rings. The Bertz CT molecular complexity index is 731. The second kappa shape index (κ2) is 5.49. The third-order valence-electron chi connectivity index (χ3n) is 2.68. The van der Waals surface area contributed by atoms with Crippen LogP contribution in [0.2, 0.25) is 0 Å². The molecule has 2 aromatic rings. The number of hydrogen-bond donors (Lipinski definition) is 3. The first-order valence-corrected chi connectivity index (χ1v) is 5.79. The topological polar surface area (TPSA) is 116 Å². The van der Waals surface area contributed by atoms with Gasteiger partial charge in [-0.3, -0.25) is 4.79 Å². The zero-order valence-electron chi connectivity index (χ0n) is 10.7. The first-order chi connectivity index (χ1) is 9.90. The molecule has 0 aliphatic carbocycles. The van der Waals surface area contributed by atoms with Crippen LogP contribution < -0.4 is 16.2 Å². The smallest absolute Gasteiger partial charge is 0.339 e. The van der Waals surface area contributed by atoms with Crippen molar-refractivity contribution in [2.24, 2.45) is 5.73 Å². The van der Waals surface area contributed by atoms with Crippen LogP contribution in [0.1, 0.15) is 20.7 Å². The van der Waals surface area contributed by atoms with Gasteiger partial charge in [-0.1, -0.05) is 6.07 Å². The predicted octanol–water partition coefficient (Wildman–Crippen LogP) is 2.00. The van der Waals surface area contributed by atoms with E-state index >= 15 is 0 Å². The number of carbonyl (C=O) groups excluding carboxylic acids is 1. The number of benzene rings is 2. The minimum Gasteiger partial charge on any atom is -0.478 e. The fourth-order valence-electron chi connectivity index (χ4n) is 1.75. The van der Waals surface area contributed by atoms with E-state index in [4.69, 9.17) is 21.3 Å². The summed E-state index contributed by atoms with van der Waals surface area (Å²) in [7, 11) is 0. The fraction of sp³-hybridized carbons (Fsp3) is 0. The quantitative estimate of drug-likeness (QED) is 0.745. The van der Waals surface area contributed by atoms with E-state index in [1.165, 1.54) is 30.3 Å². The summed E-state index contributed by atoms with van der Waals surface area (Å²) in [5.74, 6) is -3.39. The lowest BCUT2D eigenvalue weighted by atomic mass is 10.1. The van der Waals surface area contributed by atoms with E-state index in [0.717, 1.165) is 6.07 Å². The lowest BCUT2D eigenvalue weighted by Crippen LogP contribution is -2.14. The van der Waals surface area contributed by atoms with Gasteiger partial charge in [0.1, 0.15) is 28.4 Å². The third kappa shape index (κ3) is 2.92. The molecule has 6 nitrogen and oxygen atoms in total. The van der Waals surface area contributed by atoms with Gasteiger partial charge in [0.05, 0.1) is 0 Å². The normalized spacial score (nSPS) is 10.1. The Morgan fingerprint density at radius 3 is 2.48 bits per heavy atom. The van der Waals surface area contributed by atoms with Crippen LogP contribution >= 0.6 is 0 Å². The van der Waals surface area contributed by atoms with Crippen LogP contribution in [-0.2, 0) is 0 Å². The van der Waals surface area contributed by atoms with Crippen LogP contribution in [-0.4, -0.2) is 17.0 Å². The highest BCUT2D eigenvalue weighted by Gasteiger charge is 2.18. The zero-order chi connectivity index (χ0) is 15.6. The molecule has 108 valence electrons. The number of carboxylic acid groups (broad SMARTS) is 1. The summed E-state index contributed by atoms with van der Waals surface area (Å²) >= 11 is 0. The summed E-state index contributed by atoms with van der Waals surface area (Å²) in [5, 5.41) is 9.10. The van der Waals surface area contributed by atoms with E-state index in [9.17, 15) is 14.0 Å². The van der Waals surface area contributed by atoms with Crippen molar-refractivity contribution in [3.05, 3.63) is 53.3 Å². The summed E-state index contributed by atoms with van der Waals surface area (Å²) < 4.78 is 18.9. The lowest BCUT2D eigenvalue weighted by molar-refractivity contribution is 0.0694. The molecule has 2 aromatic carbocycles. The number of amides is 1. The van der Waals surface area contributed by atoms with Gasteiger partial charge < -0.3 is 21.3 Å². The molecule has 5 N–H and O–H groups in total. The molecule has 0 radical (unpaired) electrons. The van der Waals surface area contributed by atoms with Crippen LogP contribution in [0.4, 0.5) is 10.1 Å². The van der Waals surface area contributed by atoms with Crippen molar-refractivity contribution in [3.63, 3.8) is 0 Å². The van der Waals surface area contributed by atoms with Crippen molar-refractivity contribution in [1.29, 1.82) is 0 Å². The van der Waals surface area contributed by atoms with E-state index in [1.807, 2.05) is 0 Å². The van der Waals surface area contributed by atoms with E-state index in [-0.39, 0.29) is 22.7 Å². The SMILES string of the molecule is NC(=O)c1c(F)cccc1Oc1ccc(N)cc1C(=O)O. The van der Waals surface area contributed by atoms with Gasteiger partial charge >= 0.3 is 5.97 Å². The molecular formula is C14H11FN2O4. The van der Waals surface area contributed by atoms with Crippen molar-refractivity contribution in [2.75, 3.05) is 5.73 Å². The Balaban J connectivity index is 2.51. The number of nitrogen functional groups attached to an aromatic ring is 1. The molecule has 0 spiro atoms. The fourth-order valence-corrected chi connectivity index (χ4v) is 1.75. The van der Waals surface area contributed by atoms with Crippen LogP contribution in [0.3, 0.4) is 0 Å². The van der Waals surface area contributed by atoms with Crippen LogP contribution in [0.15, 0.2) is 36.4 Å².